The van der Waals surface area contributed by atoms with Gasteiger partial charge in [0.1, 0.15) is 0 Å². The Morgan fingerprint density at radius 1 is 1.10 bits per heavy atom. The fourth-order valence-electron chi connectivity index (χ4n) is 0. The molecule has 0 bridgehead atoms. The van der Waals surface area contributed by atoms with Gasteiger partial charge in [-0.2, -0.15) is 0 Å². The molecule has 0 aromatic carbocycles. The summed E-state index contributed by atoms with van der Waals surface area (Å²) in [5.41, 5.74) is 0. The van der Waals surface area contributed by atoms with Gasteiger partial charge in [0.2, 0.25) is 0 Å². The normalized spacial score (nSPS) is 5.30. The van der Waals surface area contributed by atoms with E-state index in [2.05, 4.69) is 28.9 Å². The summed E-state index contributed by atoms with van der Waals surface area (Å²) in [5.74, 6) is 11.1. The van der Waals surface area contributed by atoms with Gasteiger partial charge in [0, 0.05) is 0 Å². The Bertz CT molecular complexity index is 25.6. The molecular formula is C5H20Al4O. The predicted octanol–water partition coefficient (Wildman–Crippen LogP) is -0.0111. The molecule has 0 atom stereocenters. The molecule has 5 heteroatoms. The molecule has 0 N–H and O–H groups in total. The molecule has 0 aliphatic heterocycles. The summed E-state index contributed by atoms with van der Waals surface area (Å²) >= 11 is 1.77. The van der Waals surface area contributed by atoms with Gasteiger partial charge in [0.25, 0.3) is 0 Å². The number of rotatable bonds is 1. The van der Waals surface area contributed by atoms with E-state index in [4.69, 9.17) is 2.84 Å². The first-order chi connectivity index (χ1) is 4.74. The van der Waals surface area contributed by atoms with E-state index < -0.39 is 15.6 Å². The summed E-state index contributed by atoms with van der Waals surface area (Å²) in [6.45, 7) is 0. The van der Waals surface area contributed by atoms with Crippen LogP contribution in [0.4, 0.5) is 0 Å². The maximum absolute atomic E-state index is 4.93. The Morgan fingerprint density at radius 2 is 1.20 bits per heavy atom. The minimum atomic E-state index is -0.730. The van der Waals surface area contributed by atoms with Crippen LogP contribution >= 0.6 is 0 Å². The van der Waals surface area contributed by atoms with E-state index in [9.17, 15) is 0 Å². The molecular weight excluding hydrogens is 184 g/mol. The van der Waals surface area contributed by atoms with Gasteiger partial charge in [0.05, 0.1) is 0 Å². The van der Waals surface area contributed by atoms with Crippen molar-refractivity contribution in [3.63, 3.8) is 0 Å². The Labute approximate surface area is 93.5 Å². The Hall–Kier alpha value is 2.09. The van der Waals surface area contributed by atoms with E-state index in [-0.39, 0.29) is 0 Å². The van der Waals surface area contributed by atoms with Crippen molar-refractivity contribution in [2.45, 2.75) is 28.9 Å². The van der Waals surface area contributed by atoms with Gasteiger partial charge in [-0.05, 0) is 0 Å². The zero-order valence-electron chi connectivity index (χ0n) is 7.56. The summed E-state index contributed by atoms with van der Waals surface area (Å²) in [6.07, 6.45) is 0. The fraction of sp³-hybridized carbons (Fsp3) is 1.00. The Kier molecular flexibility index (Phi) is 54.8. The standard InChI is InChI=1S/5CH3.4Al.O.5H/h5*1H3;;;;;;;;;;/q;;;;;;-2;2*+1;;;;;;. The molecule has 10 heavy (non-hydrogen) atoms. The summed E-state index contributed by atoms with van der Waals surface area (Å²) in [6, 6.07) is 0. The zero-order chi connectivity index (χ0) is 8.83. The molecule has 0 unspecified atom stereocenters. The van der Waals surface area contributed by atoms with Gasteiger partial charge >= 0.3 is 94.4 Å². The molecule has 0 fully saturated rings. The van der Waals surface area contributed by atoms with Gasteiger partial charge in [-0.3, -0.25) is 0 Å². The molecule has 0 aliphatic rings. The first kappa shape index (κ1) is 18.0. The van der Waals surface area contributed by atoms with Crippen LogP contribution in [0, 0.1) is 0 Å². The molecule has 0 spiro atoms. The molecule has 0 saturated heterocycles. The van der Waals surface area contributed by atoms with E-state index >= 15 is 0 Å². The van der Waals surface area contributed by atoms with E-state index in [1.165, 1.54) is 0 Å². The number of hydrogen-bond donors (Lipinski definition) is 0. The van der Waals surface area contributed by atoms with Crippen LogP contribution in [0.25, 0.3) is 0 Å². The van der Waals surface area contributed by atoms with E-state index in [0.717, 1.165) is 47.1 Å². The summed E-state index contributed by atoms with van der Waals surface area (Å²) in [7, 11) is 0. The molecule has 1 nitrogen and oxygen atoms in total. The zero-order valence-corrected chi connectivity index (χ0v) is 11.9. The topological polar surface area (TPSA) is 9.23 Å². The third kappa shape index (κ3) is 87.3. The molecule has 0 amide bonds. The van der Waals surface area contributed by atoms with Crippen molar-refractivity contribution in [3.8, 4) is 0 Å². The van der Waals surface area contributed by atoms with Crippen LogP contribution < -0.4 is 0 Å². The molecule has 0 heterocycles. The molecule has 0 aromatic heterocycles. The second-order valence-electron chi connectivity index (χ2n) is 1.15. The number of hydrogen-bond acceptors (Lipinski definition) is 1. The second-order valence-corrected chi connectivity index (χ2v) is 3.46. The summed E-state index contributed by atoms with van der Waals surface area (Å²) < 4.78 is 4.93. The average Bonchev–Trinajstić information content (AvgIpc) is 1.91. The van der Waals surface area contributed by atoms with E-state index in [1.807, 2.05) is 0 Å². The maximum atomic E-state index is 4.93. The Morgan fingerprint density at radius 3 is 1.20 bits per heavy atom. The monoisotopic (exact) mass is 204 g/mol. The first-order valence-corrected chi connectivity index (χ1v) is 8.15. The third-order valence-corrected chi connectivity index (χ3v) is 0. The molecule has 0 saturated carbocycles. The van der Waals surface area contributed by atoms with E-state index in [1.54, 1.807) is 0 Å². The molecule has 58 valence electrons. The van der Waals surface area contributed by atoms with Crippen molar-refractivity contribution in [1.29, 1.82) is 0 Å². The third-order valence-electron chi connectivity index (χ3n) is 0. The average molecular weight is 204 g/mol. The van der Waals surface area contributed by atoms with Crippen molar-refractivity contribution >= 4 is 62.6 Å². The van der Waals surface area contributed by atoms with Crippen LogP contribution in [0.3, 0.4) is 0 Å². The van der Waals surface area contributed by atoms with Crippen LogP contribution in [0.5, 0.6) is 0 Å². The predicted molar refractivity (Wildman–Crippen MR) is 60.4 cm³/mol. The Balaban J connectivity index is -0.0000000750. The molecule has 0 radical (unpaired) electrons. The minimum absolute atomic E-state index is 0.730. The van der Waals surface area contributed by atoms with Gasteiger partial charge < -0.3 is 0 Å². The summed E-state index contributed by atoms with van der Waals surface area (Å²) in [4.78, 5) is 0. The van der Waals surface area contributed by atoms with Gasteiger partial charge in [-0.1, -0.05) is 0 Å². The van der Waals surface area contributed by atoms with Gasteiger partial charge in [-0.25, -0.2) is 0 Å². The first-order valence-electron chi connectivity index (χ1n) is 2.72. The van der Waals surface area contributed by atoms with E-state index in [0.29, 0.717) is 0 Å². The van der Waals surface area contributed by atoms with Crippen LogP contribution in [0.15, 0.2) is 0 Å². The van der Waals surface area contributed by atoms with Crippen LogP contribution in [-0.4, -0.2) is 62.6 Å². The SMILES string of the molecule is [CH3][Al+][CH3].[CH3][Al+][CH3].[CH3][AlH3-2][O][AlH2]. The molecule has 0 aromatic rings. The van der Waals surface area contributed by atoms with Crippen LogP contribution in [-0.2, 0) is 2.84 Å². The van der Waals surface area contributed by atoms with Crippen LogP contribution in [0.1, 0.15) is 0 Å². The fourth-order valence-corrected chi connectivity index (χ4v) is 0. The quantitative estimate of drug-likeness (QED) is 0.546. The van der Waals surface area contributed by atoms with Crippen molar-refractivity contribution in [3.05, 3.63) is 0 Å². The van der Waals surface area contributed by atoms with Crippen LogP contribution in [0.2, 0.25) is 28.9 Å². The second kappa shape index (κ2) is 30.4. The molecule has 0 rings (SSSR count). The summed E-state index contributed by atoms with van der Waals surface area (Å²) in [5, 5.41) is 0. The van der Waals surface area contributed by atoms with Gasteiger partial charge in [0.15, 0.2) is 0 Å². The van der Waals surface area contributed by atoms with Crippen molar-refractivity contribution < 1.29 is 2.84 Å². The van der Waals surface area contributed by atoms with Crippen molar-refractivity contribution in [1.82, 2.24) is 0 Å². The van der Waals surface area contributed by atoms with Gasteiger partial charge in [-0.15, -0.1) is 0 Å². The molecule has 0 aliphatic carbocycles. The van der Waals surface area contributed by atoms with Crippen molar-refractivity contribution in [2.24, 2.45) is 0 Å². The van der Waals surface area contributed by atoms with Crippen molar-refractivity contribution in [2.75, 3.05) is 0 Å².